The van der Waals surface area contributed by atoms with Crippen molar-refractivity contribution >= 4 is 24.1 Å². The summed E-state index contributed by atoms with van der Waals surface area (Å²) >= 11 is 0. The molecule has 1 fully saturated rings. The molecule has 1 aliphatic heterocycles. The van der Waals surface area contributed by atoms with Gasteiger partial charge in [0.2, 0.25) is 0 Å². The Morgan fingerprint density at radius 2 is 1.95 bits per heavy atom. The Hall–Kier alpha value is -2.83. The molecule has 1 aromatic rings. The first-order chi connectivity index (χ1) is 10.1. The molecular formula is C14H14N2O5. The summed E-state index contributed by atoms with van der Waals surface area (Å²) in [6.07, 6.45) is 0.483. The van der Waals surface area contributed by atoms with E-state index >= 15 is 0 Å². The Morgan fingerprint density at radius 1 is 1.29 bits per heavy atom. The van der Waals surface area contributed by atoms with Crippen LogP contribution in [0.5, 0.6) is 5.75 Å². The Bertz CT molecular complexity index is 606. The first kappa shape index (κ1) is 14.6. The van der Waals surface area contributed by atoms with Gasteiger partial charge in [-0.05, 0) is 30.7 Å². The monoisotopic (exact) mass is 290 g/mol. The fraction of sp³-hybridized carbons (Fsp3) is 0.214. The molecule has 21 heavy (non-hydrogen) atoms. The highest BCUT2D eigenvalue weighted by atomic mass is 16.6. The molecule has 110 valence electrons. The van der Waals surface area contributed by atoms with Crippen molar-refractivity contribution in [1.82, 2.24) is 10.2 Å². The Kier molecular flexibility index (Phi) is 4.22. The molecule has 7 heteroatoms. The number of amides is 4. The third-order valence-corrected chi connectivity index (χ3v) is 2.76. The van der Waals surface area contributed by atoms with E-state index in [4.69, 9.17) is 4.74 Å². The Labute approximate surface area is 121 Å². The maximum Gasteiger partial charge on any atom is 0.425 e. The van der Waals surface area contributed by atoms with Crippen LogP contribution in [0.4, 0.5) is 9.59 Å². The van der Waals surface area contributed by atoms with Crippen LogP contribution in [-0.2, 0) is 9.53 Å². The molecule has 2 rings (SSSR count). The molecule has 0 bridgehead atoms. The minimum atomic E-state index is -0.988. The number of hydrogen-bond donors (Lipinski definition) is 1. The molecule has 1 aliphatic rings. The van der Waals surface area contributed by atoms with Gasteiger partial charge in [0.15, 0.2) is 0 Å². The summed E-state index contributed by atoms with van der Waals surface area (Å²) < 4.78 is 9.68. The lowest BCUT2D eigenvalue weighted by Crippen LogP contribution is -2.37. The maximum absolute atomic E-state index is 12.0. The molecule has 4 amide bonds. The zero-order valence-corrected chi connectivity index (χ0v) is 11.6. The van der Waals surface area contributed by atoms with Crippen LogP contribution in [0.25, 0.3) is 6.08 Å². The summed E-state index contributed by atoms with van der Waals surface area (Å²) in [7, 11) is 1.55. The topological polar surface area (TPSA) is 84.9 Å². The molecule has 0 aliphatic carbocycles. The van der Waals surface area contributed by atoms with E-state index in [1.54, 1.807) is 38.3 Å². The predicted octanol–water partition coefficient (Wildman–Crippen LogP) is 1.74. The van der Waals surface area contributed by atoms with Gasteiger partial charge in [-0.15, -0.1) is 0 Å². The molecule has 0 unspecified atom stereocenters. The molecule has 7 nitrogen and oxygen atoms in total. The van der Waals surface area contributed by atoms with E-state index in [0.717, 1.165) is 0 Å². The molecule has 0 saturated carbocycles. The van der Waals surface area contributed by atoms with Crippen molar-refractivity contribution in [2.75, 3.05) is 13.7 Å². The number of ether oxygens (including phenoxy) is 2. The van der Waals surface area contributed by atoms with Crippen molar-refractivity contribution in [3.63, 3.8) is 0 Å². The van der Waals surface area contributed by atoms with Gasteiger partial charge in [0.05, 0.1) is 13.7 Å². The second kappa shape index (κ2) is 6.08. The lowest BCUT2D eigenvalue weighted by atomic mass is 10.2. The number of nitrogens with one attached hydrogen (secondary N) is 1. The number of benzene rings is 1. The van der Waals surface area contributed by atoms with Crippen molar-refractivity contribution < 1.29 is 23.9 Å². The van der Waals surface area contributed by atoms with Crippen molar-refractivity contribution in [3.05, 3.63) is 35.5 Å². The number of urea groups is 1. The van der Waals surface area contributed by atoms with Crippen LogP contribution < -0.4 is 10.1 Å². The molecule has 1 aromatic carbocycles. The van der Waals surface area contributed by atoms with Crippen molar-refractivity contribution in [1.29, 1.82) is 0 Å². The average molecular weight is 290 g/mol. The van der Waals surface area contributed by atoms with Gasteiger partial charge in [-0.2, -0.15) is 4.90 Å². The Balaban J connectivity index is 2.21. The summed E-state index contributed by atoms with van der Waals surface area (Å²) in [6.45, 7) is 1.66. The fourth-order valence-corrected chi connectivity index (χ4v) is 1.76. The first-order valence-corrected chi connectivity index (χ1v) is 6.24. The number of rotatable bonds is 3. The highest BCUT2D eigenvalue weighted by Gasteiger charge is 2.39. The number of hydrogen-bond acceptors (Lipinski definition) is 5. The number of carbonyl (C=O) groups excluding carboxylic acids is 3. The Morgan fingerprint density at radius 3 is 2.52 bits per heavy atom. The lowest BCUT2D eigenvalue weighted by molar-refractivity contribution is -0.121. The SMILES string of the molecule is CCOC(=O)N1C(=O)NC(=Cc2ccc(OC)cc2)C1=O. The fourth-order valence-electron chi connectivity index (χ4n) is 1.76. The van der Waals surface area contributed by atoms with E-state index in [2.05, 4.69) is 10.1 Å². The van der Waals surface area contributed by atoms with E-state index in [1.165, 1.54) is 6.08 Å². The van der Waals surface area contributed by atoms with Gasteiger partial charge in [0.1, 0.15) is 11.4 Å². The molecule has 0 spiro atoms. The van der Waals surface area contributed by atoms with Gasteiger partial charge < -0.3 is 14.8 Å². The molecular weight excluding hydrogens is 276 g/mol. The number of methoxy groups -OCH3 is 1. The van der Waals surface area contributed by atoms with E-state index in [9.17, 15) is 14.4 Å². The standard InChI is InChI=1S/C14H14N2O5/c1-3-21-14(19)16-12(17)11(15-13(16)18)8-9-4-6-10(20-2)7-5-9/h4-8H,3H2,1-2H3,(H,15,18). The smallest absolute Gasteiger partial charge is 0.425 e. The molecule has 1 saturated heterocycles. The second-order valence-electron chi connectivity index (χ2n) is 4.10. The minimum Gasteiger partial charge on any atom is -0.497 e. The van der Waals surface area contributed by atoms with Gasteiger partial charge >= 0.3 is 12.1 Å². The number of nitrogens with zero attached hydrogens (tertiary/aromatic N) is 1. The molecule has 0 atom stereocenters. The van der Waals surface area contributed by atoms with Crippen LogP contribution in [0.15, 0.2) is 30.0 Å². The molecule has 1 heterocycles. The van der Waals surface area contributed by atoms with Crippen molar-refractivity contribution in [2.24, 2.45) is 0 Å². The molecule has 1 N–H and O–H groups in total. The quantitative estimate of drug-likeness (QED) is 0.677. The summed E-state index contributed by atoms with van der Waals surface area (Å²) in [5.74, 6) is -0.0682. The third kappa shape index (κ3) is 3.02. The summed E-state index contributed by atoms with van der Waals surface area (Å²) in [5, 5.41) is 2.34. The minimum absolute atomic E-state index is 0.0122. The van der Waals surface area contributed by atoms with Gasteiger partial charge in [0.25, 0.3) is 5.91 Å². The zero-order chi connectivity index (χ0) is 15.4. The third-order valence-electron chi connectivity index (χ3n) is 2.76. The normalized spacial score (nSPS) is 16.1. The van der Waals surface area contributed by atoms with E-state index < -0.39 is 18.0 Å². The van der Waals surface area contributed by atoms with E-state index in [0.29, 0.717) is 16.2 Å². The van der Waals surface area contributed by atoms with Gasteiger partial charge in [0, 0.05) is 0 Å². The largest absolute Gasteiger partial charge is 0.497 e. The van der Waals surface area contributed by atoms with Crippen LogP contribution in [-0.4, -0.2) is 36.6 Å². The lowest BCUT2D eigenvalue weighted by Gasteiger charge is -2.08. The van der Waals surface area contributed by atoms with Crippen LogP contribution in [0.2, 0.25) is 0 Å². The van der Waals surface area contributed by atoms with Crippen LogP contribution in [0, 0.1) is 0 Å². The van der Waals surface area contributed by atoms with Crippen LogP contribution >= 0.6 is 0 Å². The van der Waals surface area contributed by atoms with Crippen molar-refractivity contribution in [3.8, 4) is 5.75 Å². The average Bonchev–Trinajstić information content (AvgIpc) is 2.74. The maximum atomic E-state index is 12.0. The van der Waals surface area contributed by atoms with Gasteiger partial charge in [-0.25, -0.2) is 9.59 Å². The predicted molar refractivity (Wildman–Crippen MR) is 73.4 cm³/mol. The van der Waals surface area contributed by atoms with Crippen LogP contribution in [0.1, 0.15) is 12.5 Å². The van der Waals surface area contributed by atoms with E-state index in [-0.39, 0.29) is 12.3 Å². The highest BCUT2D eigenvalue weighted by Crippen LogP contribution is 2.17. The summed E-state index contributed by atoms with van der Waals surface area (Å²) in [6, 6.07) is 6.06. The van der Waals surface area contributed by atoms with Gasteiger partial charge in [-0.3, -0.25) is 4.79 Å². The zero-order valence-electron chi connectivity index (χ0n) is 11.6. The van der Waals surface area contributed by atoms with Crippen molar-refractivity contribution in [2.45, 2.75) is 6.92 Å². The van der Waals surface area contributed by atoms with Crippen LogP contribution in [0.3, 0.4) is 0 Å². The highest BCUT2D eigenvalue weighted by molar-refractivity contribution is 6.21. The molecule has 0 radical (unpaired) electrons. The number of carbonyl (C=O) groups is 3. The number of imide groups is 3. The second-order valence-corrected chi connectivity index (χ2v) is 4.10. The summed E-state index contributed by atoms with van der Waals surface area (Å²) in [5.41, 5.74) is 0.698. The van der Waals surface area contributed by atoms with E-state index in [1.807, 2.05) is 0 Å². The molecule has 0 aromatic heterocycles. The first-order valence-electron chi connectivity index (χ1n) is 6.24. The van der Waals surface area contributed by atoms with Gasteiger partial charge in [-0.1, -0.05) is 12.1 Å². The summed E-state index contributed by atoms with van der Waals surface area (Å²) in [4.78, 5) is 35.6.